The highest BCUT2D eigenvalue weighted by Crippen LogP contribution is 2.25. The molecule has 0 aromatic heterocycles. The van der Waals surface area contributed by atoms with Crippen molar-refractivity contribution in [3.63, 3.8) is 0 Å². The highest BCUT2D eigenvalue weighted by Gasteiger charge is 2.14. The second-order valence-electron chi connectivity index (χ2n) is 4.57. The van der Waals surface area contributed by atoms with E-state index < -0.39 is 0 Å². The summed E-state index contributed by atoms with van der Waals surface area (Å²) in [4.78, 5) is 0. The lowest BCUT2D eigenvalue weighted by Crippen LogP contribution is -2.11. The van der Waals surface area contributed by atoms with Gasteiger partial charge in [-0.3, -0.25) is 4.52 Å². The van der Waals surface area contributed by atoms with E-state index in [0.717, 1.165) is 6.42 Å². The van der Waals surface area contributed by atoms with Crippen LogP contribution >= 0.6 is 8.69 Å². The summed E-state index contributed by atoms with van der Waals surface area (Å²) in [6.45, 7) is 9.50. The quantitative estimate of drug-likeness (QED) is 0.488. The van der Waals surface area contributed by atoms with Crippen LogP contribution in [0.3, 0.4) is 0 Å². The van der Waals surface area contributed by atoms with E-state index in [2.05, 4.69) is 27.7 Å². The van der Waals surface area contributed by atoms with Crippen molar-refractivity contribution in [1.29, 1.82) is 0 Å². The summed E-state index contributed by atoms with van der Waals surface area (Å²) >= 11 is 0. The van der Waals surface area contributed by atoms with Gasteiger partial charge in [0.2, 0.25) is 0 Å². The Morgan fingerprint density at radius 1 is 1.42 bits per heavy atom. The SMILES string of the molecule is CC(CCOP=O)CC(C)(C)C. The topological polar surface area (TPSA) is 26.3 Å². The maximum absolute atomic E-state index is 9.95. The number of hydrogen-bond acceptors (Lipinski definition) is 2. The fourth-order valence-electron chi connectivity index (χ4n) is 1.44. The standard InChI is InChI=1S/C9H19O2P/c1-8(5-6-11-12-10)7-9(2,3)4/h8H,5-7H2,1-4H3. The Labute approximate surface area is 77.0 Å². The molecule has 0 saturated heterocycles. The van der Waals surface area contributed by atoms with Crippen LogP contribution in [-0.4, -0.2) is 6.61 Å². The molecule has 0 heterocycles. The first-order valence-electron chi connectivity index (χ1n) is 4.40. The smallest absolute Gasteiger partial charge is 0.294 e. The first-order chi connectivity index (χ1) is 5.45. The van der Waals surface area contributed by atoms with Crippen molar-refractivity contribution < 1.29 is 9.09 Å². The summed E-state index contributed by atoms with van der Waals surface area (Å²) in [5.74, 6) is 0.645. The van der Waals surface area contributed by atoms with Gasteiger partial charge < -0.3 is 0 Å². The summed E-state index contributed by atoms with van der Waals surface area (Å²) in [5, 5.41) is 0. The Kier molecular flexibility index (Phi) is 5.69. The second kappa shape index (κ2) is 5.66. The van der Waals surface area contributed by atoms with Gasteiger partial charge in [0.15, 0.2) is 0 Å². The Morgan fingerprint density at radius 2 is 2.00 bits per heavy atom. The van der Waals surface area contributed by atoms with Gasteiger partial charge >= 0.3 is 8.69 Å². The van der Waals surface area contributed by atoms with Crippen LogP contribution < -0.4 is 0 Å². The molecule has 0 aliphatic rings. The summed E-state index contributed by atoms with van der Waals surface area (Å²) in [5.41, 5.74) is 0.384. The molecule has 0 aromatic carbocycles. The van der Waals surface area contributed by atoms with Gasteiger partial charge in [0.1, 0.15) is 0 Å². The van der Waals surface area contributed by atoms with E-state index in [1.54, 1.807) is 0 Å². The third-order valence-electron chi connectivity index (χ3n) is 1.72. The Bertz CT molecular complexity index is 129. The third-order valence-corrected chi connectivity index (χ3v) is 2.00. The molecule has 2 nitrogen and oxygen atoms in total. The van der Waals surface area contributed by atoms with E-state index in [4.69, 9.17) is 4.52 Å². The molecule has 0 saturated carbocycles. The monoisotopic (exact) mass is 190 g/mol. The van der Waals surface area contributed by atoms with E-state index in [1.165, 1.54) is 6.42 Å². The van der Waals surface area contributed by atoms with E-state index in [1.807, 2.05) is 0 Å². The van der Waals surface area contributed by atoms with Crippen LogP contribution in [0.1, 0.15) is 40.5 Å². The Hall–Kier alpha value is 0.0600. The maximum Gasteiger partial charge on any atom is 0.327 e. The number of hydrogen-bond donors (Lipinski definition) is 0. The lowest BCUT2D eigenvalue weighted by atomic mass is 9.84. The van der Waals surface area contributed by atoms with E-state index in [9.17, 15) is 4.57 Å². The van der Waals surface area contributed by atoms with Gasteiger partial charge in [0, 0.05) is 0 Å². The van der Waals surface area contributed by atoms with Crippen molar-refractivity contribution in [3.05, 3.63) is 0 Å². The normalized spacial score (nSPS) is 15.0. The van der Waals surface area contributed by atoms with Crippen LogP contribution in [0, 0.1) is 11.3 Å². The second-order valence-corrected chi connectivity index (χ2v) is 4.97. The van der Waals surface area contributed by atoms with Gasteiger partial charge in [0.25, 0.3) is 0 Å². The third kappa shape index (κ3) is 8.16. The van der Waals surface area contributed by atoms with E-state index >= 15 is 0 Å². The summed E-state index contributed by atoms with van der Waals surface area (Å²) in [6, 6.07) is 0. The first-order valence-corrected chi connectivity index (χ1v) is 5.13. The van der Waals surface area contributed by atoms with Crippen molar-refractivity contribution in [2.24, 2.45) is 11.3 Å². The van der Waals surface area contributed by atoms with Crippen molar-refractivity contribution >= 4 is 8.69 Å². The van der Waals surface area contributed by atoms with Crippen molar-refractivity contribution in [2.75, 3.05) is 6.61 Å². The molecular weight excluding hydrogens is 171 g/mol. The summed E-state index contributed by atoms with van der Waals surface area (Å²) in [7, 11) is -0.197. The summed E-state index contributed by atoms with van der Waals surface area (Å²) in [6.07, 6.45) is 2.18. The van der Waals surface area contributed by atoms with Gasteiger partial charge in [-0.15, -0.1) is 0 Å². The summed E-state index contributed by atoms with van der Waals surface area (Å²) < 4.78 is 14.7. The molecule has 0 fully saturated rings. The zero-order chi connectivity index (χ0) is 9.61. The van der Waals surface area contributed by atoms with Crippen LogP contribution in [0.15, 0.2) is 0 Å². The van der Waals surface area contributed by atoms with E-state index in [-0.39, 0.29) is 8.69 Å². The largest absolute Gasteiger partial charge is 0.327 e. The van der Waals surface area contributed by atoms with Gasteiger partial charge in [-0.25, -0.2) is 4.57 Å². The molecule has 12 heavy (non-hydrogen) atoms. The molecule has 0 amide bonds. The average molecular weight is 190 g/mol. The Morgan fingerprint density at radius 3 is 2.42 bits per heavy atom. The minimum Gasteiger partial charge on any atom is -0.294 e. The van der Waals surface area contributed by atoms with Crippen LogP contribution in [0.4, 0.5) is 0 Å². The molecule has 72 valence electrons. The molecule has 1 unspecified atom stereocenters. The van der Waals surface area contributed by atoms with Gasteiger partial charge in [0.05, 0.1) is 6.61 Å². The lowest BCUT2D eigenvalue weighted by molar-refractivity contribution is 0.251. The minimum absolute atomic E-state index is 0.197. The van der Waals surface area contributed by atoms with Crippen molar-refractivity contribution in [2.45, 2.75) is 40.5 Å². The van der Waals surface area contributed by atoms with Crippen LogP contribution in [-0.2, 0) is 9.09 Å². The average Bonchev–Trinajstić information content (AvgIpc) is 1.84. The fourth-order valence-corrected chi connectivity index (χ4v) is 1.62. The molecule has 0 N–H and O–H groups in total. The molecular formula is C9H19O2P. The van der Waals surface area contributed by atoms with Crippen LogP contribution in [0.2, 0.25) is 0 Å². The highest BCUT2D eigenvalue weighted by molar-refractivity contribution is 7.17. The highest BCUT2D eigenvalue weighted by atomic mass is 31.1. The number of rotatable bonds is 5. The minimum atomic E-state index is -0.197. The lowest BCUT2D eigenvalue weighted by Gasteiger charge is -2.22. The van der Waals surface area contributed by atoms with Crippen LogP contribution in [0.5, 0.6) is 0 Å². The molecule has 0 rings (SSSR count). The molecule has 0 bridgehead atoms. The molecule has 0 aliphatic heterocycles. The van der Waals surface area contributed by atoms with E-state index in [0.29, 0.717) is 17.9 Å². The maximum atomic E-state index is 9.95. The zero-order valence-electron chi connectivity index (χ0n) is 8.46. The molecule has 0 radical (unpaired) electrons. The predicted molar refractivity (Wildman–Crippen MR) is 51.4 cm³/mol. The van der Waals surface area contributed by atoms with Crippen molar-refractivity contribution in [3.8, 4) is 0 Å². The molecule has 0 aromatic rings. The first kappa shape index (κ1) is 12.1. The van der Waals surface area contributed by atoms with Gasteiger partial charge in [-0.2, -0.15) is 0 Å². The van der Waals surface area contributed by atoms with Gasteiger partial charge in [-0.1, -0.05) is 27.7 Å². The zero-order valence-corrected chi connectivity index (χ0v) is 9.36. The fraction of sp³-hybridized carbons (Fsp3) is 1.00. The molecule has 0 spiro atoms. The molecule has 1 atom stereocenters. The van der Waals surface area contributed by atoms with Crippen LogP contribution in [0.25, 0.3) is 0 Å². The molecule has 3 heteroatoms. The van der Waals surface area contributed by atoms with Gasteiger partial charge in [-0.05, 0) is 24.2 Å². The molecule has 0 aliphatic carbocycles. The predicted octanol–water partition coefficient (Wildman–Crippen LogP) is 3.67. The Balaban J connectivity index is 3.46. The van der Waals surface area contributed by atoms with Crippen molar-refractivity contribution in [1.82, 2.24) is 0 Å².